The van der Waals surface area contributed by atoms with E-state index in [1.165, 1.54) is 16.7 Å². The highest BCUT2D eigenvalue weighted by Gasteiger charge is 2.30. The molecule has 1 heterocycles. The van der Waals surface area contributed by atoms with Crippen molar-refractivity contribution in [3.63, 3.8) is 0 Å². The second kappa shape index (κ2) is 6.16. The van der Waals surface area contributed by atoms with Crippen molar-refractivity contribution in [1.82, 2.24) is 4.90 Å². The summed E-state index contributed by atoms with van der Waals surface area (Å²) in [5, 5.41) is 10.7. The Kier molecular flexibility index (Phi) is 5.14. The Labute approximate surface area is 110 Å². The molecule has 0 radical (unpaired) electrons. The summed E-state index contributed by atoms with van der Waals surface area (Å²) in [6.45, 7) is 5.25. The molecule has 94 valence electrons. The monoisotopic (exact) mass is 273 g/mol. The Morgan fingerprint density at radius 1 is 1.71 bits per heavy atom. The van der Waals surface area contributed by atoms with Gasteiger partial charge >= 0.3 is 5.97 Å². The fourth-order valence-corrected chi connectivity index (χ4v) is 2.38. The van der Waals surface area contributed by atoms with E-state index in [1.807, 2.05) is 5.41 Å². The smallest absolute Gasteiger partial charge is 0.323 e. The van der Waals surface area contributed by atoms with Gasteiger partial charge in [0.05, 0.1) is 6.04 Å². The van der Waals surface area contributed by atoms with Crippen LogP contribution in [-0.2, 0) is 9.59 Å². The predicted molar refractivity (Wildman–Crippen MR) is 72.0 cm³/mol. The summed E-state index contributed by atoms with van der Waals surface area (Å²) >= 11 is 5.48. The molecule has 0 saturated heterocycles. The molecule has 1 rings (SSSR count). The summed E-state index contributed by atoms with van der Waals surface area (Å²) < 4.78 is 0. The molecular weight excluding hydrogens is 258 g/mol. The van der Waals surface area contributed by atoms with Gasteiger partial charge in [0.25, 0.3) is 0 Å². The summed E-state index contributed by atoms with van der Waals surface area (Å²) in [5.74, 6) is -1.14. The maximum Gasteiger partial charge on any atom is 0.323 e. The van der Waals surface area contributed by atoms with Crippen LogP contribution in [0.3, 0.4) is 0 Å². The third kappa shape index (κ3) is 3.54. The average Bonchev–Trinajstić information content (AvgIpc) is 2.70. The Morgan fingerprint density at radius 2 is 2.35 bits per heavy atom. The van der Waals surface area contributed by atoms with Crippen molar-refractivity contribution in [2.75, 3.05) is 12.3 Å². The lowest BCUT2D eigenvalue weighted by atomic mass is 10.1. The topological polar surface area (TPSA) is 57.6 Å². The minimum atomic E-state index is -1.03. The second-order valence-electron chi connectivity index (χ2n) is 3.80. The van der Waals surface area contributed by atoms with E-state index in [1.54, 1.807) is 13.0 Å². The highest BCUT2D eigenvalue weighted by molar-refractivity contribution is 8.06. The summed E-state index contributed by atoms with van der Waals surface area (Å²) in [5.41, 5.74) is 0. The molecule has 0 aromatic rings. The fourth-order valence-electron chi connectivity index (χ4n) is 1.48. The van der Waals surface area contributed by atoms with Gasteiger partial charge in [0.2, 0.25) is 5.91 Å². The molecule has 1 aliphatic rings. The van der Waals surface area contributed by atoms with Crippen molar-refractivity contribution in [2.45, 2.75) is 13.0 Å². The molecule has 0 spiro atoms. The van der Waals surface area contributed by atoms with Crippen LogP contribution >= 0.6 is 24.4 Å². The number of carboxylic acids is 1. The number of carbonyl (C=O) groups is 2. The van der Waals surface area contributed by atoms with Gasteiger partial charge in [-0.15, -0.1) is 11.8 Å². The van der Waals surface area contributed by atoms with Gasteiger partial charge in [-0.25, -0.2) is 0 Å². The molecule has 2 atom stereocenters. The van der Waals surface area contributed by atoms with Crippen molar-refractivity contribution in [3.05, 3.63) is 23.0 Å². The van der Waals surface area contributed by atoms with Crippen LogP contribution < -0.4 is 0 Å². The highest BCUT2D eigenvalue weighted by atomic mass is 32.2. The van der Waals surface area contributed by atoms with Gasteiger partial charge in [-0.3, -0.25) is 9.59 Å². The Morgan fingerprint density at radius 3 is 2.76 bits per heavy atom. The first-order valence-electron chi connectivity index (χ1n) is 5.12. The number of carboxylic acid groups (broad SMARTS) is 1. The van der Waals surface area contributed by atoms with Crippen molar-refractivity contribution in [2.24, 2.45) is 5.92 Å². The lowest BCUT2D eigenvalue weighted by molar-refractivity contribution is -0.146. The van der Waals surface area contributed by atoms with Crippen molar-refractivity contribution in [1.29, 1.82) is 0 Å². The van der Waals surface area contributed by atoms with Crippen LogP contribution in [0.1, 0.15) is 6.92 Å². The molecular formula is C11H15NO3S2. The number of rotatable bonds is 5. The van der Waals surface area contributed by atoms with Crippen LogP contribution in [0, 0.1) is 5.92 Å². The number of hydrogen-bond acceptors (Lipinski definition) is 4. The third-order valence-corrected chi connectivity index (χ3v) is 3.82. The van der Waals surface area contributed by atoms with Gasteiger partial charge in [-0.1, -0.05) is 19.6 Å². The zero-order chi connectivity index (χ0) is 13.0. The first kappa shape index (κ1) is 14.2. The van der Waals surface area contributed by atoms with Gasteiger partial charge in [-0.05, 0) is 5.41 Å². The maximum atomic E-state index is 12.1. The molecule has 1 N–H and O–H groups in total. The molecule has 0 aromatic heterocycles. The predicted octanol–water partition coefficient (Wildman–Crippen LogP) is 1.61. The SMILES string of the molecule is C=C1SC=CC1N(CC(=O)O)C(=O)C(C)CS. The maximum absolute atomic E-state index is 12.1. The van der Waals surface area contributed by atoms with Crippen molar-refractivity contribution in [3.8, 4) is 0 Å². The largest absolute Gasteiger partial charge is 0.480 e. The lowest BCUT2D eigenvalue weighted by Crippen LogP contribution is -2.45. The van der Waals surface area contributed by atoms with Gasteiger partial charge in [0.1, 0.15) is 6.54 Å². The standard InChI is InChI=1S/C11H15NO3S2/c1-7(6-16)11(15)12(5-10(13)14)9-3-4-17-8(9)2/h3-4,7,9,16H,2,5-6H2,1H3,(H,13,14). The quantitative estimate of drug-likeness (QED) is 0.747. The zero-order valence-electron chi connectivity index (χ0n) is 9.50. The van der Waals surface area contributed by atoms with E-state index >= 15 is 0 Å². The molecule has 6 heteroatoms. The molecule has 1 aliphatic heterocycles. The van der Waals surface area contributed by atoms with Crippen LogP contribution in [0.4, 0.5) is 0 Å². The molecule has 2 unspecified atom stereocenters. The molecule has 1 amide bonds. The third-order valence-electron chi connectivity index (χ3n) is 2.43. The minimum absolute atomic E-state index is 0.208. The van der Waals surface area contributed by atoms with Crippen LogP contribution in [0.15, 0.2) is 23.0 Å². The molecule has 4 nitrogen and oxygen atoms in total. The molecule has 0 bridgehead atoms. The minimum Gasteiger partial charge on any atom is -0.480 e. The molecule has 0 aromatic carbocycles. The Balaban J connectivity index is 2.87. The number of carbonyl (C=O) groups excluding carboxylic acids is 1. The number of amides is 1. The normalized spacial score (nSPS) is 20.4. The summed E-state index contributed by atoms with van der Waals surface area (Å²) in [7, 11) is 0. The summed E-state index contributed by atoms with van der Waals surface area (Å²) in [6.07, 6.45) is 1.79. The van der Waals surface area contributed by atoms with Crippen molar-refractivity contribution < 1.29 is 14.7 Å². The Bertz CT molecular complexity index is 368. The van der Waals surface area contributed by atoms with E-state index in [0.717, 1.165) is 4.91 Å². The van der Waals surface area contributed by atoms with Crippen molar-refractivity contribution >= 4 is 36.3 Å². The first-order chi connectivity index (χ1) is 7.97. The second-order valence-corrected chi connectivity index (χ2v) is 5.20. The zero-order valence-corrected chi connectivity index (χ0v) is 11.2. The summed E-state index contributed by atoms with van der Waals surface area (Å²) in [6, 6.07) is -0.328. The number of thiol groups is 1. The average molecular weight is 273 g/mol. The molecule has 17 heavy (non-hydrogen) atoms. The van der Waals surface area contributed by atoms with E-state index in [2.05, 4.69) is 19.2 Å². The van der Waals surface area contributed by atoms with Crippen LogP contribution in [0.5, 0.6) is 0 Å². The van der Waals surface area contributed by atoms with Crippen LogP contribution in [0.2, 0.25) is 0 Å². The van der Waals surface area contributed by atoms with E-state index in [-0.39, 0.29) is 24.4 Å². The first-order valence-corrected chi connectivity index (χ1v) is 6.63. The van der Waals surface area contributed by atoms with E-state index < -0.39 is 5.97 Å². The van der Waals surface area contributed by atoms with Gasteiger partial charge in [0, 0.05) is 16.6 Å². The van der Waals surface area contributed by atoms with Gasteiger partial charge in [-0.2, -0.15) is 12.6 Å². The van der Waals surface area contributed by atoms with Gasteiger partial charge in [0.15, 0.2) is 0 Å². The van der Waals surface area contributed by atoms with E-state index in [4.69, 9.17) is 5.11 Å². The number of aliphatic carboxylic acids is 1. The number of nitrogens with zero attached hydrogens (tertiary/aromatic N) is 1. The molecule has 0 aliphatic carbocycles. The lowest BCUT2D eigenvalue weighted by Gasteiger charge is -2.29. The van der Waals surface area contributed by atoms with E-state index in [9.17, 15) is 9.59 Å². The van der Waals surface area contributed by atoms with Gasteiger partial charge < -0.3 is 10.0 Å². The molecule has 0 fully saturated rings. The number of hydrogen-bond donors (Lipinski definition) is 2. The van der Waals surface area contributed by atoms with E-state index in [0.29, 0.717) is 5.75 Å². The number of thioether (sulfide) groups is 1. The fraction of sp³-hybridized carbons (Fsp3) is 0.455. The summed E-state index contributed by atoms with van der Waals surface area (Å²) in [4.78, 5) is 25.0. The van der Waals surface area contributed by atoms with Crippen LogP contribution in [0.25, 0.3) is 0 Å². The highest BCUT2D eigenvalue weighted by Crippen LogP contribution is 2.31. The Hall–Kier alpha value is -0.880. The molecule has 0 saturated carbocycles. The van der Waals surface area contributed by atoms with Crippen LogP contribution in [-0.4, -0.2) is 40.2 Å².